The molecule has 0 bridgehead atoms. The Bertz CT molecular complexity index is 3420. The van der Waals surface area contributed by atoms with Gasteiger partial charge in [-0.05, 0) is 121 Å². The average Bonchev–Trinajstić information content (AvgIpc) is 3.65. The Morgan fingerprint density at radius 1 is 0.547 bits per heavy atom. The summed E-state index contributed by atoms with van der Waals surface area (Å²) >= 11 is 0. The van der Waals surface area contributed by atoms with Gasteiger partial charge in [-0.2, -0.15) is 0 Å². The maximum absolute atomic E-state index is 7.17. The third-order valence-electron chi connectivity index (χ3n) is 17.2. The molecule has 4 heterocycles. The molecule has 7 aromatic carbocycles. The van der Waals surface area contributed by atoms with Gasteiger partial charge in [0.05, 0.1) is 0 Å². The second kappa shape index (κ2) is 12.1. The van der Waals surface area contributed by atoms with Crippen LogP contribution in [0.4, 0.5) is 28.4 Å². The number of para-hydroxylation sites is 3. The topological polar surface area (TPSA) is 19.6 Å². The summed E-state index contributed by atoms with van der Waals surface area (Å²) in [5.74, 6) is 0. The Hall–Kier alpha value is -5.78. The highest BCUT2D eigenvalue weighted by Gasteiger charge is 2.53. The zero-order valence-corrected chi connectivity index (χ0v) is 40.3. The Morgan fingerprint density at radius 2 is 1.16 bits per heavy atom. The molecule has 1 aromatic heterocycles. The zero-order valence-electron chi connectivity index (χ0n) is 39.3. The number of rotatable bonds is 1. The van der Waals surface area contributed by atoms with Gasteiger partial charge in [0.25, 0.3) is 0 Å². The van der Waals surface area contributed by atoms with E-state index >= 15 is 0 Å². The molecular formula is C59H57BN2OSi. The minimum absolute atomic E-state index is 0.0493. The van der Waals surface area contributed by atoms with E-state index in [9.17, 15) is 0 Å². The molecule has 0 saturated carbocycles. The number of nitrogens with zero attached hydrogens (tertiary/aromatic N) is 2. The van der Waals surface area contributed by atoms with Crippen molar-refractivity contribution in [2.75, 3.05) is 9.71 Å². The summed E-state index contributed by atoms with van der Waals surface area (Å²) in [6.45, 7) is 27.1. The predicted molar refractivity (Wildman–Crippen MR) is 275 cm³/mol. The summed E-state index contributed by atoms with van der Waals surface area (Å²) in [6.07, 6.45) is 2.36. The van der Waals surface area contributed by atoms with Gasteiger partial charge in [0.15, 0.2) is 0 Å². The molecular weight excluding hydrogens is 792 g/mol. The molecule has 0 unspecified atom stereocenters. The zero-order chi connectivity index (χ0) is 44.2. The second-order valence-corrected chi connectivity index (χ2v) is 27.1. The summed E-state index contributed by atoms with van der Waals surface area (Å²) in [5, 5.41) is 5.35. The van der Waals surface area contributed by atoms with Crippen molar-refractivity contribution in [1.29, 1.82) is 0 Å². The van der Waals surface area contributed by atoms with Crippen LogP contribution in [-0.2, 0) is 21.7 Å². The van der Waals surface area contributed by atoms with E-state index in [1.807, 2.05) is 0 Å². The van der Waals surface area contributed by atoms with Crippen molar-refractivity contribution in [3.63, 3.8) is 0 Å². The SMILES string of the molecule is Cc1cc2c(cc1N1c3cc4c(cc3B3c5c1cc1c(oc6ccccc61)c5-c1cccc5c1N3c1ccccc1[Si]5(C)C)C(C)(C)c1ccccc1C4(C)C)C(C)(C)CCC2(C)C. The number of aryl methyl sites for hydroxylation is 1. The summed E-state index contributed by atoms with van der Waals surface area (Å²) in [6, 6.07) is 47.5. The van der Waals surface area contributed by atoms with Gasteiger partial charge < -0.3 is 14.1 Å². The predicted octanol–water partition coefficient (Wildman–Crippen LogP) is 13.1. The van der Waals surface area contributed by atoms with Gasteiger partial charge in [-0.1, -0.05) is 159 Å². The van der Waals surface area contributed by atoms with E-state index in [1.54, 1.807) is 0 Å². The van der Waals surface area contributed by atoms with Gasteiger partial charge in [0, 0.05) is 61.2 Å². The normalized spacial score (nSPS) is 19.3. The van der Waals surface area contributed by atoms with Crippen molar-refractivity contribution in [3.8, 4) is 11.1 Å². The molecule has 0 spiro atoms. The fraction of sp³-hybridized carbons (Fsp3) is 0.288. The fourth-order valence-electron chi connectivity index (χ4n) is 13.5. The third-order valence-corrected chi connectivity index (χ3v) is 20.8. The molecule has 0 amide bonds. The van der Waals surface area contributed by atoms with Crippen molar-refractivity contribution >= 4 is 86.6 Å². The van der Waals surface area contributed by atoms with Crippen LogP contribution in [0.15, 0.2) is 126 Å². The van der Waals surface area contributed by atoms with Gasteiger partial charge in [-0.25, -0.2) is 0 Å². The highest BCUT2D eigenvalue weighted by Crippen LogP contribution is 2.56. The molecule has 5 aliphatic rings. The Labute approximate surface area is 380 Å². The lowest BCUT2D eigenvalue weighted by molar-refractivity contribution is 0.332. The van der Waals surface area contributed by atoms with E-state index in [0.29, 0.717) is 0 Å². The first-order valence-electron chi connectivity index (χ1n) is 23.7. The number of fused-ring (bicyclic) bond motifs is 13. The molecule has 8 aromatic rings. The van der Waals surface area contributed by atoms with E-state index < -0.39 is 8.07 Å². The lowest BCUT2D eigenvalue weighted by Crippen LogP contribution is -2.68. The first kappa shape index (κ1) is 38.7. The first-order chi connectivity index (χ1) is 30.4. The van der Waals surface area contributed by atoms with Crippen LogP contribution in [0.3, 0.4) is 0 Å². The second-order valence-electron chi connectivity index (χ2n) is 22.8. The number of anilines is 5. The summed E-state index contributed by atoms with van der Waals surface area (Å²) in [4.78, 5) is 5.49. The Balaban J connectivity index is 1.23. The molecule has 316 valence electrons. The lowest BCUT2D eigenvalue weighted by atomic mass is 9.42. The maximum Gasteiger partial charge on any atom is 0.333 e. The number of hydrogen-bond donors (Lipinski definition) is 0. The average molecular weight is 849 g/mol. The van der Waals surface area contributed by atoms with Crippen LogP contribution in [0.25, 0.3) is 33.1 Å². The summed E-state index contributed by atoms with van der Waals surface area (Å²) in [7, 11) is -2.14. The lowest BCUT2D eigenvalue weighted by Gasteiger charge is -2.52. The van der Waals surface area contributed by atoms with E-state index in [-0.39, 0.29) is 28.5 Å². The smallest absolute Gasteiger partial charge is 0.333 e. The van der Waals surface area contributed by atoms with E-state index in [2.05, 4.69) is 206 Å². The molecule has 0 N–H and O–H groups in total. The van der Waals surface area contributed by atoms with Crippen LogP contribution >= 0.6 is 0 Å². The molecule has 2 aliphatic carbocycles. The molecule has 5 heteroatoms. The van der Waals surface area contributed by atoms with Crippen LogP contribution in [0.2, 0.25) is 13.1 Å². The first-order valence-corrected chi connectivity index (χ1v) is 26.7. The minimum atomic E-state index is -2.14. The minimum Gasteiger partial charge on any atom is -0.455 e. The highest BCUT2D eigenvalue weighted by molar-refractivity contribution is 7.05. The van der Waals surface area contributed by atoms with Crippen LogP contribution in [0, 0.1) is 6.92 Å². The van der Waals surface area contributed by atoms with Crippen molar-refractivity contribution in [3.05, 3.63) is 160 Å². The molecule has 3 nitrogen and oxygen atoms in total. The van der Waals surface area contributed by atoms with Crippen molar-refractivity contribution in [2.24, 2.45) is 0 Å². The molecule has 13 rings (SSSR count). The quantitative estimate of drug-likeness (QED) is 0.153. The van der Waals surface area contributed by atoms with Crippen LogP contribution in [-0.4, -0.2) is 14.9 Å². The van der Waals surface area contributed by atoms with Gasteiger partial charge in [0.2, 0.25) is 0 Å². The molecule has 0 saturated heterocycles. The van der Waals surface area contributed by atoms with E-state index in [0.717, 1.165) is 11.2 Å². The van der Waals surface area contributed by atoms with Gasteiger partial charge >= 0.3 is 6.85 Å². The number of hydrogen-bond acceptors (Lipinski definition) is 3. The van der Waals surface area contributed by atoms with Crippen molar-refractivity contribution in [1.82, 2.24) is 0 Å². The molecule has 64 heavy (non-hydrogen) atoms. The number of furan rings is 1. The van der Waals surface area contributed by atoms with Crippen LogP contribution in [0.1, 0.15) is 107 Å². The third kappa shape index (κ3) is 4.64. The van der Waals surface area contributed by atoms with Crippen LogP contribution < -0.4 is 31.0 Å². The van der Waals surface area contributed by atoms with Crippen molar-refractivity contribution < 1.29 is 4.42 Å². The monoisotopic (exact) mass is 848 g/mol. The van der Waals surface area contributed by atoms with E-state index in [1.165, 1.54) is 123 Å². The molecule has 0 fully saturated rings. The van der Waals surface area contributed by atoms with E-state index in [4.69, 9.17) is 4.42 Å². The summed E-state index contributed by atoms with van der Waals surface area (Å²) in [5.41, 5.74) is 23.4. The van der Waals surface area contributed by atoms with Gasteiger partial charge in [-0.15, -0.1) is 0 Å². The number of benzene rings is 7. The molecule has 0 radical (unpaired) electrons. The summed E-state index contributed by atoms with van der Waals surface area (Å²) < 4.78 is 7.17. The molecule has 0 atom stereocenters. The maximum atomic E-state index is 7.17. The highest BCUT2D eigenvalue weighted by atomic mass is 28.3. The largest absolute Gasteiger partial charge is 0.455 e. The Kier molecular flexibility index (Phi) is 7.31. The van der Waals surface area contributed by atoms with Crippen LogP contribution in [0.5, 0.6) is 0 Å². The standard InChI is InChI=1S/C59H57BN2OSi/c1-34-29-40-41(57(4,5)28-27-56(40,2)3)32-46(34)61-47-33-43-42(58(6,7)38-21-13-14-22-39(38)59(43,8)9)31-44(47)60-53-48(61)30-37-35-19-12-16-24-49(35)63-55(37)52(53)36-20-18-26-51-54(36)62(60)45-23-15-17-25-50(45)64(51,10)11/h12-26,29-33H,27-28H2,1-11H3. The van der Waals surface area contributed by atoms with Gasteiger partial charge in [0.1, 0.15) is 19.2 Å². The van der Waals surface area contributed by atoms with Crippen molar-refractivity contribution in [2.45, 2.75) is 110 Å². The Morgan fingerprint density at radius 3 is 1.89 bits per heavy atom. The fourth-order valence-corrected chi connectivity index (χ4v) is 16.5. The molecule has 3 aliphatic heterocycles. The van der Waals surface area contributed by atoms with Gasteiger partial charge in [-0.3, -0.25) is 0 Å².